The summed E-state index contributed by atoms with van der Waals surface area (Å²) in [5.41, 5.74) is 2.29. The van der Waals surface area contributed by atoms with Crippen LogP contribution in [0.25, 0.3) is 4.85 Å². The number of piperidine rings is 1. The molecule has 0 aromatic heterocycles. The lowest BCUT2D eigenvalue weighted by molar-refractivity contribution is -0.189. The summed E-state index contributed by atoms with van der Waals surface area (Å²) in [7, 11) is 0. The summed E-state index contributed by atoms with van der Waals surface area (Å²) in [5, 5.41) is 0. The van der Waals surface area contributed by atoms with Gasteiger partial charge in [0.05, 0.1) is 24.8 Å². The van der Waals surface area contributed by atoms with E-state index in [2.05, 4.69) is 4.85 Å². The van der Waals surface area contributed by atoms with Crippen LogP contribution in [0.15, 0.2) is 54.6 Å². The molecule has 1 heterocycles. The van der Waals surface area contributed by atoms with Crippen LogP contribution in [0.5, 0.6) is 0 Å². The van der Waals surface area contributed by atoms with Crippen molar-refractivity contribution in [2.45, 2.75) is 56.5 Å². The first-order valence-electron chi connectivity index (χ1n) is 10.4. The number of carbonyl (C=O) groups excluding carboxylic acids is 1. The summed E-state index contributed by atoms with van der Waals surface area (Å²) in [4.78, 5) is 18.0. The Labute approximate surface area is 180 Å². The van der Waals surface area contributed by atoms with Crippen molar-refractivity contribution in [2.75, 3.05) is 6.54 Å². The molecule has 0 bridgehead atoms. The van der Waals surface area contributed by atoms with Crippen molar-refractivity contribution >= 4 is 11.8 Å². The Bertz CT molecular complexity index is 936. The largest absolute Gasteiger partial charge is 0.445 e. The molecule has 1 amide bonds. The first kappa shape index (κ1) is 21.3. The zero-order valence-electron chi connectivity index (χ0n) is 17.0. The van der Waals surface area contributed by atoms with Crippen molar-refractivity contribution in [2.24, 2.45) is 0 Å². The zero-order valence-corrected chi connectivity index (χ0v) is 17.0. The molecule has 31 heavy (non-hydrogen) atoms. The van der Waals surface area contributed by atoms with Gasteiger partial charge in [0, 0.05) is 19.4 Å². The third-order valence-electron chi connectivity index (χ3n) is 5.84. The van der Waals surface area contributed by atoms with Gasteiger partial charge in [0.1, 0.15) is 6.61 Å². The van der Waals surface area contributed by atoms with E-state index in [1.54, 1.807) is 17.0 Å². The third-order valence-corrected chi connectivity index (χ3v) is 5.84. The Hall–Kier alpha value is -2.98. The number of rotatable bonds is 5. The Morgan fingerprint density at radius 2 is 1.81 bits per heavy atom. The summed E-state index contributed by atoms with van der Waals surface area (Å²) in [6.07, 6.45) is -0.463. The second-order valence-electron chi connectivity index (χ2n) is 8.12. The maximum absolute atomic E-state index is 13.2. The van der Waals surface area contributed by atoms with Crippen LogP contribution in [0.1, 0.15) is 42.9 Å². The molecule has 162 valence electrons. The van der Waals surface area contributed by atoms with Gasteiger partial charge in [-0.3, -0.25) is 0 Å². The van der Waals surface area contributed by atoms with Crippen LogP contribution in [0.4, 0.5) is 19.3 Å². The second-order valence-corrected chi connectivity index (χ2v) is 8.12. The number of alkyl halides is 2. The highest BCUT2D eigenvalue weighted by Gasteiger charge is 2.47. The number of carbonyl (C=O) groups is 1. The highest BCUT2D eigenvalue weighted by Crippen LogP contribution is 2.42. The first-order valence-corrected chi connectivity index (χ1v) is 10.4. The Kier molecular flexibility index (Phi) is 6.19. The van der Waals surface area contributed by atoms with Crippen molar-refractivity contribution in [3.8, 4) is 0 Å². The van der Waals surface area contributed by atoms with Crippen LogP contribution in [-0.2, 0) is 16.1 Å². The fourth-order valence-corrected chi connectivity index (χ4v) is 4.14. The van der Waals surface area contributed by atoms with E-state index in [1.165, 1.54) is 0 Å². The molecule has 2 fully saturated rings. The quantitative estimate of drug-likeness (QED) is 0.560. The number of halogens is 2. The third kappa shape index (κ3) is 5.20. The Morgan fingerprint density at radius 1 is 1.10 bits per heavy atom. The predicted octanol–water partition coefficient (Wildman–Crippen LogP) is 5.89. The van der Waals surface area contributed by atoms with Gasteiger partial charge in [-0.25, -0.2) is 18.4 Å². The molecule has 7 heteroatoms. The zero-order chi connectivity index (χ0) is 21.8. The molecule has 0 spiro atoms. The fraction of sp³-hybridized carbons (Fsp3) is 0.417. The van der Waals surface area contributed by atoms with E-state index in [0.29, 0.717) is 25.1 Å². The van der Waals surface area contributed by atoms with Gasteiger partial charge in [-0.05, 0) is 24.0 Å². The maximum atomic E-state index is 13.2. The molecule has 2 atom stereocenters. The van der Waals surface area contributed by atoms with E-state index < -0.39 is 18.1 Å². The molecule has 1 aliphatic heterocycles. The number of likely N-dealkylation sites (tertiary alicyclic amines) is 1. The highest BCUT2D eigenvalue weighted by atomic mass is 19.3. The van der Waals surface area contributed by atoms with Crippen molar-refractivity contribution < 1.29 is 23.0 Å². The lowest BCUT2D eigenvalue weighted by Crippen LogP contribution is -2.47. The van der Waals surface area contributed by atoms with E-state index in [9.17, 15) is 13.6 Å². The molecule has 4 rings (SSSR count). The SMILES string of the molecule is [C-]#[N+]c1ccc([C@@H]2C[C@@H](OC3CC(F)(F)C3)CCN2C(=O)OCc2ccccc2)cc1. The molecule has 2 aliphatic rings. The van der Waals surface area contributed by atoms with Crippen LogP contribution in [0.3, 0.4) is 0 Å². The van der Waals surface area contributed by atoms with Gasteiger partial charge in [0.15, 0.2) is 5.69 Å². The molecule has 2 aromatic rings. The Morgan fingerprint density at radius 3 is 2.45 bits per heavy atom. The van der Waals surface area contributed by atoms with Crippen molar-refractivity contribution in [3.63, 3.8) is 0 Å². The molecular formula is C24H24F2N2O3. The van der Waals surface area contributed by atoms with E-state index >= 15 is 0 Å². The van der Waals surface area contributed by atoms with Crippen LogP contribution in [0.2, 0.25) is 0 Å². The summed E-state index contributed by atoms with van der Waals surface area (Å²) < 4.78 is 37.8. The van der Waals surface area contributed by atoms with E-state index in [-0.39, 0.29) is 31.6 Å². The average molecular weight is 426 g/mol. The van der Waals surface area contributed by atoms with Gasteiger partial charge in [-0.15, -0.1) is 0 Å². The summed E-state index contributed by atoms with van der Waals surface area (Å²) >= 11 is 0. The van der Waals surface area contributed by atoms with Crippen molar-refractivity contribution in [1.29, 1.82) is 0 Å². The smallest absolute Gasteiger partial charge is 0.410 e. The summed E-state index contributed by atoms with van der Waals surface area (Å²) in [6, 6.07) is 16.2. The van der Waals surface area contributed by atoms with Crippen LogP contribution >= 0.6 is 0 Å². The number of benzene rings is 2. The van der Waals surface area contributed by atoms with E-state index in [0.717, 1.165) is 11.1 Å². The number of nitrogens with zero attached hydrogens (tertiary/aromatic N) is 2. The second kappa shape index (κ2) is 9.03. The van der Waals surface area contributed by atoms with Gasteiger partial charge < -0.3 is 14.4 Å². The van der Waals surface area contributed by atoms with Gasteiger partial charge in [-0.2, -0.15) is 0 Å². The minimum absolute atomic E-state index is 0.177. The Balaban J connectivity index is 1.45. The van der Waals surface area contributed by atoms with Gasteiger partial charge in [0.25, 0.3) is 5.92 Å². The molecular weight excluding hydrogens is 402 g/mol. The molecule has 1 saturated carbocycles. The minimum atomic E-state index is -2.62. The number of hydrogen-bond donors (Lipinski definition) is 0. The molecule has 0 N–H and O–H groups in total. The number of ether oxygens (including phenoxy) is 2. The molecule has 5 nitrogen and oxygen atoms in total. The van der Waals surface area contributed by atoms with Gasteiger partial charge in [0.2, 0.25) is 0 Å². The standard InChI is InChI=1S/C24H24F2N2O3/c1-27-19-9-7-18(8-10-19)22-13-20(31-21-14-24(25,26)15-21)11-12-28(22)23(29)30-16-17-5-3-2-4-6-17/h2-10,20-22H,11-16H2/t20-,22-/m0/s1. The molecule has 1 aliphatic carbocycles. The lowest BCUT2D eigenvalue weighted by atomic mass is 9.89. The predicted molar refractivity (Wildman–Crippen MR) is 111 cm³/mol. The monoisotopic (exact) mass is 426 g/mol. The molecule has 0 unspecified atom stereocenters. The molecule has 0 radical (unpaired) electrons. The summed E-state index contributed by atoms with van der Waals surface area (Å²) in [5.74, 6) is -2.62. The van der Waals surface area contributed by atoms with Crippen molar-refractivity contribution in [3.05, 3.63) is 77.1 Å². The highest BCUT2D eigenvalue weighted by molar-refractivity contribution is 5.68. The first-order chi connectivity index (χ1) is 14.9. The number of amides is 1. The minimum Gasteiger partial charge on any atom is -0.445 e. The van der Waals surface area contributed by atoms with Crippen molar-refractivity contribution in [1.82, 2.24) is 4.90 Å². The normalized spacial score (nSPS) is 22.9. The fourth-order valence-electron chi connectivity index (χ4n) is 4.14. The van der Waals surface area contributed by atoms with Crippen LogP contribution < -0.4 is 0 Å². The number of hydrogen-bond acceptors (Lipinski definition) is 3. The summed E-state index contributed by atoms with van der Waals surface area (Å²) in [6.45, 7) is 7.72. The molecule has 1 saturated heterocycles. The van der Waals surface area contributed by atoms with Crippen LogP contribution in [-0.4, -0.2) is 35.7 Å². The van der Waals surface area contributed by atoms with Gasteiger partial charge in [-0.1, -0.05) is 54.6 Å². The van der Waals surface area contributed by atoms with Gasteiger partial charge >= 0.3 is 6.09 Å². The topological polar surface area (TPSA) is 43.1 Å². The van der Waals surface area contributed by atoms with E-state index in [4.69, 9.17) is 16.0 Å². The maximum Gasteiger partial charge on any atom is 0.410 e. The van der Waals surface area contributed by atoms with Crippen LogP contribution in [0, 0.1) is 6.57 Å². The molecule has 2 aromatic carbocycles. The lowest BCUT2D eigenvalue weighted by Gasteiger charge is -2.42. The average Bonchev–Trinajstić information content (AvgIpc) is 2.77. The van der Waals surface area contributed by atoms with E-state index in [1.807, 2.05) is 42.5 Å².